The van der Waals surface area contributed by atoms with Crippen molar-refractivity contribution in [3.05, 3.63) is 46.6 Å². The summed E-state index contributed by atoms with van der Waals surface area (Å²) in [6, 6.07) is 8.05. The van der Waals surface area contributed by atoms with E-state index < -0.39 is 0 Å². The largest absolute Gasteiger partial charge is 0.378 e. The Hall–Kier alpha value is -1.52. The van der Waals surface area contributed by atoms with E-state index in [1.54, 1.807) is 0 Å². The molecule has 92 valence electrons. The SMILES string of the molecule is S=C1N=c2ccccc2=CC1=CN1CCOCC1. The lowest BCUT2D eigenvalue weighted by Gasteiger charge is -2.26. The monoisotopic (exact) mass is 258 g/mol. The van der Waals surface area contributed by atoms with Gasteiger partial charge in [0.1, 0.15) is 4.99 Å². The Morgan fingerprint density at radius 2 is 2.00 bits per heavy atom. The van der Waals surface area contributed by atoms with Gasteiger partial charge in [0.05, 0.1) is 18.6 Å². The normalized spacial score (nSPS) is 21.2. The molecule has 0 radical (unpaired) electrons. The molecule has 18 heavy (non-hydrogen) atoms. The number of benzene rings is 1. The first-order valence-electron chi connectivity index (χ1n) is 6.06. The van der Waals surface area contributed by atoms with Crippen LogP contribution in [0.1, 0.15) is 0 Å². The Morgan fingerprint density at radius 3 is 2.83 bits per heavy atom. The van der Waals surface area contributed by atoms with Crippen LogP contribution < -0.4 is 10.6 Å². The van der Waals surface area contributed by atoms with Crippen molar-refractivity contribution in [1.82, 2.24) is 4.90 Å². The molecule has 0 aromatic heterocycles. The maximum absolute atomic E-state index is 5.35. The Morgan fingerprint density at radius 1 is 1.22 bits per heavy atom. The average Bonchev–Trinajstić information content (AvgIpc) is 2.41. The molecule has 1 saturated heterocycles. The number of nitrogens with zero attached hydrogens (tertiary/aromatic N) is 2. The first-order chi connectivity index (χ1) is 8.83. The highest BCUT2D eigenvalue weighted by atomic mass is 32.1. The molecule has 1 aromatic rings. The molecular weight excluding hydrogens is 244 g/mol. The molecule has 0 spiro atoms. The second-order valence-electron chi connectivity index (χ2n) is 4.35. The van der Waals surface area contributed by atoms with E-state index in [1.807, 2.05) is 18.2 Å². The first kappa shape index (κ1) is 11.6. The predicted molar refractivity (Wildman–Crippen MR) is 74.8 cm³/mol. The van der Waals surface area contributed by atoms with Crippen molar-refractivity contribution in [3.63, 3.8) is 0 Å². The quantitative estimate of drug-likeness (QED) is 0.546. The van der Waals surface area contributed by atoms with Crippen molar-refractivity contribution in [2.24, 2.45) is 4.99 Å². The van der Waals surface area contributed by atoms with Crippen LogP contribution in [0.4, 0.5) is 0 Å². The zero-order valence-electron chi connectivity index (χ0n) is 10.0. The molecule has 0 amide bonds. The zero-order valence-corrected chi connectivity index (χ0v) is 10.8. The molecule has 0 N–H and O–H groups in total. The third-order valence-electron chi connectivity index (χ3n) is 3.08. The fraction of sp³-hybridized carbons (Fsp3) is 0.286. The zero-order chi connectivity index (χ0) is 12.4. The summed E-state index contributed by atoms with van der Waals surface area (Å²) in [4.78, 5) is 7.37. The first-order valence-corrected chi connectivity index (χ1v) is 6.47. The maximum atomic E-state index is 5.35. The molecule has 3 nitrogen and oxygen atoms in total. The van der Waals surface area contributed by atoms with Crippen LogP contribution in [0.25, 0.3) is 6.08 Å². The molecule has 0 saturated carbocycles. The number of ether oxygens (including phenoxy) is 1. The van der Waals surface area contributed by atoms with Crippen LogP contribution in [-0.4, -0.2) is 36.2 Å². The number of thiocarbonyl (C=S) groups is 1. The minimum atomic E-state index is 0.667. The van der Waals surface area contributed by atoms with Gasteiger partial charge < -0.3 is 9.64 Å². The number of para-hydroxylation sites is 1. The van der Waals surface area contributed by atoms with Gasteiger partial charge >= 0.3 is 0 Å². The summed E-state index contributed by atoms with van der Waals surface area (Å²) < 4.78 is 5.33. The van der Waals surface area contributed by atoms with E-state index in [1.165, 1.54) is 0 Å². The van der Waals surface area contributed by atoms with Gasteiger partial charge in [0.15, 0.2) is 0 Å². The van der Waals surface area contributed by atoms with Crippen LogP contribution in [0.3, 0.4) is 0 Å². The van der Waals surface area contributed by atoms with Crippen molar-refractivity contribution >= 4 is 23.3 Å². The highest BCUT2D eigenvalue weighted by Gasteiger charge is 2.11. The number of fused-ring (bicyclic) bond motifs is 1. The number of morpholine rings is 1. The van der Waals surface area contributed by atoms with Gasteiger partial charge in [-0.3, -0.25) is 0 Å². The topological polar surface area (TPSA) is 24.8 Å². The number of rotatable bonds is 1. The van der Waals surface area contributed by atoms with E-state index in [4.69, 9.17) is 17.0 Å². The smallest absolute Gasteiger partial charge is 0.135 e. The van der Waals surface area contributed by atoms with E-state index in [9.17, 15) is 0 Å². The average molecular weight is 258 g/mol. The van der Waals surface area contributed by atoms with E-state index >= 15 is 0 Å². The Bertz CT molecular complexity index is 615. The van der Waals surface area contributed by atoms with Gasteiger partial charge in [-0.25, -0.2) is 4.99 Å². The molecule has 0 bridgehead atoms. The molecule has 4 heteroatoms. The third-order valence-corrected chi connectivity index (χ3v) is 3.41. The van der Waals surface area contributed by atoms with Crippen molar-refractivity contribution in [1.29, 1.82) is 0 Å². The van der Waals surface area contributed by atoms with Crippen LogP contribution in [0.2, 0.25) is 0 Å². The van der Waals surface area contributed by atoms with Gasteiger partial charge in [0.25, 0.3) is 0 Å². The van der Waals surface area contributed by atoms with Crippen LogP contribution in [-0.2, 0) is 4.74 Å². The fourth-order valence-corrected chi connectivity index (χ4v) is 2.32. The van der Waals surface area contributed by atoms with Crippen LogP contribution in [0, 0.1) is 0 Å². The van der Waals surface area contributed by atoms with Gasteiger partial charge in [-0.05, 0) is 12.1 Å². The predicted octanol–water partition coefficient (Wildman–Crippen LogP) is 0.644. The number of hydrogen-bond donors (Lipinski definition) is 0. The summed E-state index contributed by atoms with van der Waals surface area (Å²) in [5, 5.41) is 2.09. The molecule has 0 aliphatic carbocycles. The van der Waals surface area contributed by atoms with Gasteiger partial charge in [0, 0.05) is 30.1 Å². The number of hydrogen-bond acceptors (Lipinski definition) is 3. The lowest BCUT2D eigenvalue weighted by atomic mass is 10.1. The molecule has 1 fully saturated rings. The summed E-state index contributed by atoms with van der Waals surface area (Å²) in [7, 11) is 0. The summed E-state index contributed by atoms with van der Waals surface area (Å²) in [5.74, 6) is 0. The third kappa shape index (κ3) is 2.35. The summed E-state index contributed by atoms with van der Waals surface area (Å²) >= 11 is 5.35. The van der Waals surface area contributed by atoms with Gasteiger partial charge in [0.2, 0.25) is 0 Å². The van der Waals surface area contributed by atoms with Crippen LogP contribution in [0.5, 0.6) is 0 Å². The Kier molecular flexibility index (Phi) is 3.21. The Labute approximate surface area is 111 Å². The van der Waals surface area contributed by atoms with Crippen LogP contribution in [0.15, 0.2) is 41.0 Å². The molecule has 0 unspecified atom stereocenters. The molecule has 2 aliphatic rings. The van der Waals surface area contributed by atoms with E-state index in [0.29, 0.717) is 4.99 Å². The van der Waals surface area contributed by atoms with E-state index in [-0.39, 0.29) is 0 Å². The van der Waals surface area contributed by atoms with Crippen molar-refractivity contribution in [2.75, 3.05) is 26.3 Å². The van der Waals surface area contributed by atoms with Gasteiger partial charge in [-0.2, -0.15) is 0 Å². The van der Waals surface area contributed by atoms with Crippen molar-refractivity contribution < 1.29 is 4.74 Å². The lowest BCUT2D eigenvalue weighted by molar-refractivity contribution is 0.0593. The molecule has 0 atom stereocenters. The highest BCUT2D eigenvalue weighted by Crippen LogP contribution is 2.08. The maximum Gasteiger partial charge on any atom is 0.135 e. The Balaban J connectivity index is 1.97. The summed E-state index contributed by atoms with van der Waals surface area (Å²) in [5.41, 5.74) is 1.02. The van der Waals surface area contributed by atoms with Gasteiger partial charge in [-0.1, -0.05) is 30.4 Å². The van der Waals surface area contributed by atoms with E-state index in [2.05, 4.69) is 28.2 Å². The lowest BCUT2D eigenvalue weighted by Crippen LogP contribution is -2.34. The van der Waals surface area contributed by atoms with Crippen molar-refractivity contribution in [3.8, 4) is 0 Å². The van der Waals surface area contributed by atoms with Gasteiger partial charge in [-0.15, -0.1) is 0 Å². The minimum absolute atomic E-state index is 0.667. The molecule has 1 aromatic carbocycles. The molecule has 2 aliphatic heterocycles. The standard InChI is InChI=1S/C14H14N2OS/c18-14-12(10-16-5-7-17-8-6-16)9-11-3-1-2-4-13(11)15-14/h1-4,9-10H,5-8H2. The van der Waals surface area contributed by atoms with E-state index in [0.717, 1.165) is 42.5 Å². The van der Waals surface area contributed by atoms with Crippen molar-refractivity contribution in [2.45, 2.75) is 0 Å². The summed E-state index contributed by atoms with van der Waals surface area (Å²) in [6.07, 6.45) is 4.21. The highest BCUT2D eigenvalue weighted by molar-refractivity contribution is 7.80. The minimum Gasteiger partial charge on any atom is -0.378 e. The summed E-state index contributed by atoms with van der Waals surface area (Å²) in [6.45, 7) is 3.40. The second kappa shape index (κ2) is 5.00. The second-order valence-corrected chi connectivity index (χ2v) is 4.74. The fourth-order valence-electron chi connectivity index (χ4n) is 2.11. The molecular formula is C14H14N2OS. The molecule has 2 heterocycles. The molecule has 3 rings (SSSR count). The van der Waals surface area contributed by atoms with Crippen LogP contribution >= 0.6 is 12.2 Å².